The van der Waals surface area contributed by atoms with Crippen molar-refractivity contribution in [2.24, 2.45) is 7.05 Å². The Morgan fingerprint density at radius 3 is 2.66 bits per heavy atom. The Bertz CT molecular complexity index is 2750. The van der Waals surface area contributed by atoms with Crippen molar-refractivity contribution in [3.63, 3.8) is 0 Å². The third-order valence-corrected chi connectivity index (χ3v) is 11.5. The first-order valence-electron chi connectivity index (χ1n) is 19.7. The first-order chi connectivity index (χ1) is 28.2. The van der Waals surface area contributed by atoms with Crippen molar-refractivity contribution >= 4 is 51.0 Å². The molecule has 2 saturated heterocycles. The van der Waals surface area contributed by atoms with Gasteiger partial charge in [0.25, 0.3) is 11.5 Å². The first kappa shape index (κ1) is 37.0. The first-order valence-corrected chi connectivity index (χ1v) is 19.7. The minimum absolute atomic E-state index is 0.0257. The molecule has 9 rings (SSSR count). The molecule has 3 amide bonds. The fraction of sp³-hybridized carbons (Fsp3) is 0.311. The number of aryl methyl sites for hydroxylation is 3. The largest absolute Gasteiger partial charge is 0.464 e. The van der Waals surface area contributed by atoms with Gasteiger partial charge in [0, 0.05) is 73.0 Å². The molecule has 0 radical (unpaired) electrons. The van der Waals surface area contributed by atoms with Crippen LogP contribution in [-0.4, -0.2) is 63.5 Å². The van der Waals surface area contributed by atoms with E-state index in [0.717, 1.165) is 89.9 Å². The number of piperidine rings is 1. The number of carbonyl (C=O) groups excluding carboxylic acids is 3. The number of amides is 3. The summed E-state index contributed by atoms with van der Waals surface area (Å²) in [6.07, 6.45) is 9.33. The summed E-state index contributed by atoms with van der Waals surface area (Å²) in [6.45, 7) is 4.35. The number of pyridine rings is 2. The molecule has 58 heavy (non-hydrogen) atoms. The number of ether oxygens (including phenoxy) is 1. The fourth-order valence-electron chi connectivity index (χ4n) is 8.40. The highest BCUT2D eigenvalue weighted by Crippen LogP contribution is 2.41. The van der Waals surface area contributed by atoms with Crippen LogP contribution in [0.4, 0.5) is 11.4 Å². The molecule has 13 nitrogen and oxygen atoms in total. The third-order valence-electron chi connectivity index (χ3n) is 11.5. The van der Waals surface area contributed by atoms with E-state index in [2.05, 4.69) is 44.5 Å². The SMILES string of the molecule is Cc1cc(=O)n(C)c2cc(C3CCOCC3)cc(N3CCCc4nc(-c5ccc(C(=O)NCC#Cc6ccc7occ(C8CCC(=O)NC8=O)c7c6)nc5)ncc43)c12. The molecule has 292 valence electrons. The minimum Gasteiger partial charge on any atom is -0.464 e. The normalized spacial score (nSPS) is 17.1. The number of benzene rings is 2. The predicted molar refractivity (Wildman–Crippen MR) is 218 cm³/mol. The molecule has 1 unspecified atom stereocenters. The van der Waals surface area contributed by atoms with Crippen LogP contribution < -0.4 is 21.1 Å². The monoisotopic (exact) mass is 775 g/mol. The molecule has 3 aliphatic rings. The van der Waals surface area contributed by atoms with Crippen molar-refractivity contribution in [1.82, 2.24) is 30.2 Å². The highest BCUT2D eigenvalue weighted by molar-refractivity contribution is 6.03. The average Bonchev–Trinajstić information content (AvgIpc) is 3.66. The van der Waals surface area contributed by atoms with Gasteiger partial charge in [-0.2, -0.15) is 0 Å². The highest BCUT2D eigenvalue weighted by atomic mass is 16.5. The molecule has 0 spiro atoms. The number of anilines is 2. The second kappa shape index (κ2) is 15.4. The number of fused-ring (bicyclic) bond motifs is 3. The van der Waals surface area contributed by atoms with Gasteiger partial charge in [-0.1, -0.05) is 11.8 Å². The molecule has 0 aliphatic carbocycles. The number of nitrogens with zero attached hydrogens (tertiary/aromatic N) is 5. The number of hydrogen-bond acceptors (Lipinski definition) is 10. The van der Waals surface area contributed by atoms with Crippen LogP contribution in [-0.2, 0) is 27.8 Å². The average molecular weight is 776 g/mol. The van der Waals surface area contributed by atoms with Gasteiger partial charge in [-0.05, 0) is 98.5 Å². The molecule has 2 aromatic carbocycles. The van der Waals surface area contributed by atoms with Gasteiger partial charge in [0.2, 0.25) is 11.8 Å². The Morgan fingerprint density at radius 1 is 0.983 bits per heavy atom. The van der Waals surface area contributed by atoms with Crippen LogP contribution in [0, 0.1) is 18.8 Å². The molecule has 6 aromatic rings. The van der Waals surface area contributed by atoms with E-state index >= 15 is 0 Å². The zero-order valence-electron chi connectivity index (χ0n) is 32.3. The molecular formula is C45H41N7O6. The molecule has 0 bridgehead atoms. The molecule has 1 atom stereocenters. The van der Waals surface area contributed by atoms with Gasteiger partial charge in [0.05, 0.1) is 47.5 Å². The summed E-state index contributed by atoms with van der Waals surface area (Å²) in [5.74, 6) is 5.50. The van der Waals surface area contributed by atoms with Crippen LogP contribution in [0.1, 0.15) is 82.4 Å². The second-order valence-electron chi connectivity index (χ2n) is 15.1. The van der Waals surface area contributed by atoms with Crippen molar-refractivity contribution in [3.8, 4) is 23.2 Å². The van der Waals surface area contributed by atoms with Crippen LogP contribution in [0.25, 0.3) is 33.3 Å². The van der Waals surface area contributed by atoms with Gasteiger partial charge in [0.15, 0.2) is 5.82 Å². The predicted octanol–water partition coefficient (Wildman–Crippen LogP) is 5.73. The summed E-state index contributed by atoms with van der Waals surface area (Å²) in [7, 11) is 1.84. The maximum absolute atomic E-state index is 13.0. The Kier molecular flexibility index (Phi) is 9.79. The molecule has 3 aliphatic heterocycles. The number of furan rings is 1. The number of imide groups is 1. The second-order valence-corrected chi connectivity index (χ2v) is 15.1. The molecule has 2 N–H and O–H groups in total. The van der Waals surface area contributed by atoms with Crippen molar-refractivity contribution in [3.05, 3.63) is 111 Å². The van der Waals surface area contributed by atoms with Gasteiger partial charge >= 0.3 is 0 Å². The van der Waals surface area contributed by atoms with E-state index in [1.807, 2.05) is 32.3 Å². The molecular weight excluding hydrogens is 735 g/mol. The lowest BCUT2D eigenvalue weighted by atomic mass is 9.89. The number of nitrogens with one attached hydrogen (secondary N) is 2. The fourth-order valence-corrected chi connectivity index (χ4v) is 8.40. The van der Waals surface area contributed by atoms with Gasteiger partial charge in [-0.15, -0.1) is 0 Å². The van der Waals surface area contributed by atoms with Gasteiger partial charge in [0.1, 0.15) is 11.3 Å². The van der Waals surface area contributed by atoms with E-state index in [1.165, 1.54) is 5.56 Å². The third kappa shape index (κ3) is 7.00. The molecule has 13 heteroatoms. The van der Waals surface area contributed by atoms with Crippen LogP contribution >= 0.6 is 0 Å². The van der Waals surface area contributed by atoms with Crippen molar-refractivity contribution < 1.29 is 23.5 Å². The zero-order chi connectivity index (χ0) is 39.9. The van der Waals surface area contributed by atoms with Crippen molar-refractivity contribution in [2.45, 2.75) is 57.3 Å². The van der Waals surface area contributed by atoms with Gasteiger partial charge in [-0.25, -0.2) is 9.97 Å². The topological polar surface area (TPSA) is 162 Å². The molecule has 7 heterocycles. The van der Waals surface area contributed by atoms with Gasteiger partial charge < -0.3 is 23.9 Å². The van der Waals surface area contributed by atoms with Crippen molar-refractivity contribution in [2.75, 3.05) is 31.2 Å². The summed E-state index contributed by atoms with van der Waals surface area (Å²) in [5, 5.41) is 7.02. The summed E-state index contributed by atoms with van der Waals surface area (Å²) >= 11 is 0. The van der Waals surface area contributed by atoms with Crippen molar-refractivity contribution in [1.29, 1.82) is 0 Å². The number of hydrogen-bond donors (Lipinski definition) is 2. The van der Waals surface area contributed by atoms with Gasteiger partial charge in [-0.3, -0.25) is 29.5 Å². The maximum Gasteiger partial charge on any atom is 0.270 e. The Morgan fingerprint density at radius 2 is 1.84 bits per heavy atom. The standard InChI is InChI=1S/C45H41N7O6/c1-26-19-41(54)51(2)36-21-30(28-13-17-57-18-14-28)22-37(42(26)36)52-16-4-6-34-38(52)24-48-43(49-34)29-8-10-35(47-23-29)45(56)46-15-3-5-27-7-11-39-32(20-27)33(25-58-39)31-9-12-40(53)50-44(31)55/h7-8,10-11,19-25,28,31H,4,6,9,12-18H2,1-2H3,(H,46,56)(H,50,53,55). The smallest absolute Gasteiger partial charge is 0.270 e. The lowest BCUT2D eigenvalue weighted by molar-refractivity contribution is -0.134. The Hall–Kier alpha value is -6.65. The number of aromatic nitrogens is 4. The van der Waals surface area contributed by atoms with E-state index in [-0.39, 0.29) is 41.9 Å². The Balaban J connectivity index is 0.902. The zero-order valence-corrected chi connectivity index (χ0v) is 32.3. The summed E-state index contributed by atoms with van der Waals surface area (Å²) < 4.78 is 13.1. The maximum atomic E-state index is 13.0. The van der Waals surface area contributed by atoms with Crippen LogP contribution in [0.15, 0.2) is 76.4 Å². The number of rotatable bonds is 6. The number of carbonyl (C=O) groups is 3. The lowest BCUT2D eigenvalue weighted by Gasteiger charge is -2.33. The van der Waals surface area contributed by atoms with E-state index in [4.69, 9.17) is 19.1 Å². The Labute approximate surface area is 333 Å². The summed E-state index contributed by atoms with van der Waals surface area (Å²) in [4.78, 5) is 66.5. The highest BCUT2D eigenvalue weighted by Gasteiger charge is 2.31. The van der Waals surface area contributed by atoms with E-state index < -0.39 is 5.92 Å². The molecule has 4 aromatic heterocycles. The summed E-state index contributed by atoms with van der Waals surface area (Å²) in [6, 6.07) is 15.1. The lowest BCUT2D eigenvalue weighted by Crippen LogP contribution is -2.39. The minimum atomic E-state index is -0.467. The van der Waals surface area contributed by atoms with Crippen LogP contribution in [0.2, 0.25) is 0 Å². The molecule has 2 fully saturated rings. The van der Waals surface area contributed by atoms with E-state index in [1.54, 1.807) is 41.3 Å². The van der Waals surface area contributed by atoms with Crippen LogP contribution in [0.5, 0.6) is 0 Å². The molecule has 0 saturated carbocycles. The quantitative estimate of drug-likeness (QED) is 0.158. The van der Waals surface area contributed by atoms with E-state index in [9.17, 15) is 19.2 Å². The van der Waals surface area contributed by atoms with E-state index in [0.29, 0.717) is 34.9 Å². The van der Waals surface area contributed by atoms with Crippen LogP contribution in [0.3, 0.4) is 0 Å². The summed E-state index contributed by atoms with van der Waals surface area (Å²) in [5.41, 5.74) is 8.97.